The smallest absolute Gasteiger partial charge is 0.323 e. The zero-order chi connectivity index (χ0) is 13.7. The highest BCUT2D eigenvalue weighted by molar-refractivity contribution is 7.14. The average molecular weight is 269 g/mol. The van der Waals surface area contributed by atoms with Crippen LogP contribution in [0.5, 0.6) is 0 Å². The van der Waals surface area contributed by atoms with Crippen LogP contribution < -0.4 is 0 Å². The molecule has 0 saturated heterocycles. The third kappa shape index (κ3) is 4.14. The highest BCUT2D eigenvalue weighted by Gasteiger charge is 2.20. The van der Waals surface area contributed by atoms with Gasteiger partial charge in [0.15, 0.2) is 0 Å². The molecule has 0 radical (unpaired) electrons. The van der Waals surface area contributed by atoms with Gasteiger partial charge in [-0.15, -0.1) is 11.3 Å². The van der Waals surface area contributed by atoms with Gasteiger partial charge in [-0.05, 0) is 24.5 Å². The fourth-order valence-corrected chi connectivity index (χ4v) is 2.58. The predicted molar refractivity (Wildman–Crippen MR) is 72.1 cm³/mol. The van der Waals surface area contributed by atoms with Crippen molar-refractivity contribution in [2.45, 2.75) is 27.2 Å². The summed E-state index contributed by atoms with van der Waals surface area (Å²) in [4.78, 5) is 26.2. The van der Waals surface area contributed by atoms with E-state index in [-0.39, 0.29) is 18.4 Å². The van der Waals surface area contributed by atoms with E-state index < -0.39 is 5.97 Å². The van der Waals surface area contributed by atoms with Gasteiger partial charge in [0.25, 0.3) is 5.91 Å². The van der Waals surface area contributed by atoms with Crippen molar-refractivity contribution in [3.05, 3.63) is 21.9 Å². The molecular formula is C13H19NO3S. The topological polar surface area (TPSA) is 57.6 Å². The lowest BCUT2D eigenvalue weighted by Crippen LogP contribution is -2.37. The highest BCUT2D eigenvalue weighted by Crippen LogP contribution is 2.19. The van der Waals surface area contributed by atoms with Gasteiger partial charge in [0.2, 0.25) is 0 Å². The maximum Gasteiger partial charge on any atom is 0.323 e. The Morgan fingerprint density at radius 1 is 1.39 bits per heavy atom. The molecule has 1 amide bonds. The lowest BCUT2D eigenvalue weighted by molar-refractivity contribution is -0.137. The molecule has 1 N–H and O–H groups in total. The molecular weight excluding hydrogens is 250 g/mol. The van der Waals surface area contributed by atoms with Gasteiger partial charge in [-0.2, -0.15) is 0 Å². The van der Waals surface area contributed by atoms with E-state index in [9.17, 15) is 9.59 Å². The van der Waals surface area contributed by atoms with Crippen molar-refractivity contribution in [3.8, 4) is 0 Å². The summed E-state index contributed by atoms with van der Waals surface area (Å²) in [5.74, 6) is -0.911. The van der Waals surface area contributed by atoms with Crippen LogP contribution in [0.1, 0.15) is 35.3 Å². The summed E-state index contributed by atoms with van der Waals surface area (Å²) < 4.78 is 0. The Bertz CT molecular complexity index is 426. The van der Waals surface area contributed by atoms with E-state index in [1.165, 1.54) is 16.2 Å². The number of aliphatic carboxylic acids is 1. The summed E-state index contributed by atoms with van der Waals surface area (Å²) in [7, 11) is 0. The van der Waals surface area contributed by atoms with Crippen molar-refractivity contribution in [1.82, 2.24) is 4.90 Å². The molecule has 0 aliphatic heterocycles. The van der Waals surface area contributed by atoms with Gasteiger partial charge in [-0.25, -0.2) is 0 Å². The second-order valence-electron chi connectivity index (χ2n) is 4.59. The Kier molecular flexibility index (Phi) is 5.34. The van der Waals surface area contributed by atoms with Crippen LogP contribution >= 0.6 is 11.3 Å². The quantitative estimate of drug-likeness (QED) is 0.863. The number of carbonyl (C=O) groups excluding carboxylic acids is 1. The van der Waals surface area contributed by atoms with Crippen LogP contribution in [-0.4, -0.2) is 35.0 Å². The molecule has 0 unspecified atom stereocenters. The van der Waals surface area contributed by atoms with Gasteiger partial charge in [0, 0.05) is 11.4 Å². The number of carbonyl (C=O) groups is 2. The van der Waals surface area contributed by atoms with Crippen LogP contribution in [0.4, 0.5) is 0 Å². The first-order valence-corrected chi connectivity index (χ1v) is 6.85. The fraction of sp³-hybridized carbons (Fsp3) is 0.538. The van der Waals surface area contributed by atoms with Crippen LogP contribution in [0.2, 0.25) is 0 Å². The first-order chi connectivity index (χ1) is 8.43. The number of carboxylic acid groups (broad SMARTS) is 1. The summed E-state index contributed by atoms with van der Waals surface area (Å²) in [5.41, 5.74) is 0. The van der Waals surface area contributed by atoms with Gasteiger partial charge in [-0.3, -0.25) is 9.59 Å². The molecule has 0 aliphatic carbocycles. The largest absolute Gasteiger partial charge is 0.480 e. The number of thiophene rings is 1. The van der Waals surface area contributed by atoms with Gasteiger partial charge in [0.05, 0.1) is 4.88 Å². The molecule has 0 aromatic carbocycles. The standard InChI is InChI=1S/C13H19NO3S/c1-4-10-5-6-11(18-10)13(17)14(7-9(2)3)8-12(15)16/h5-6,9H,4,7-8H2,1-3H3,(H,15,16). The fourth-order valence-electron chi connectivity index (χ4n) is 1.66. The Balaban J connectivity index is 2.83. The predicted octanol–water partition coefficient (Wildman–Crippen LogP) is 2.49. The molecule has 0 spiro atoms. The average Bonchev–Trinajstić information content (AvgIpc) is 2.74. The summed E-state index contributed by atoms with van der Waals surface area (Å²) >= 11 is 1.44. The van der Waals surface area contributed by atoms with Gasteiger partial charge >= 0.3 is 5.97 Å². The van der Waals surface area contributed by atoms with E-state index in [1.54, 1.807) is 6.07 Å². The van der Waals surface area contributed by atoms with Crippen LogP contribution in [0, 0.1) is 5.92 Å². The number of hydrogen-bond donors (Lipinski definition) is 1. The number of nitrogens with zero attached hydrogens (tertiary/aromatic N) is 1. The normalized spacial score (nSPS) is 10.7. The summed E-state index contributed by atoms with van der Waals surface area (Å²) in [6, 6.07) is 3.70. The molecule has 4 nitrogen and oxygen atoms in total. The minimum Gasteiger partial charge on any atom is -0.480 e. The third-order valence-corrected chi connectivity index (χ3v) is 3.64. The van der Waals surface area contributed by atoms with Crippen LogP contribution in [-0.2, 0) is 11.2 Å². The van der Waals surface area contributed by atoms with Crippen LogP contribution in [0.25, 0.3) is 0 Å². The molecule has 0 atom stereocenters. The molecule has 0 fully saturated rings. The molecule has 1 aromatic rings. The number of carboxylic acids is 1. The van der Waals surface area contributed by atoms with Crippen LogP contribution in [0.15, 0.2) is 12.1 Å². The monoisotopic (exact) mass is 269 g/mol. The Hall–Kier alpha value is -1.36. The van der Waals surface area contributed by atoms with Gasteiger partial charge < -0.3 is 10.0 Å². The zero-order valence-electron chi connectivity index (χ0n) is 11.0. The number of aryl methyl sites for hydroxylation is 1. The van der Waals surface area contributed by atoms with E-state index in [2.05, 4.69) is 0 Å². The zero-order valence-corrected chi connectivity index (χ0v) is 11.8. The van der Waals surface area contributed by atoms with Crippen molar-refractivity contribution in [2.24, 2.45) is 5.92 Å². The maximum atomic E-state index is 12.2. The lowest BCUT2D eigenvalue weighted by atomic mass is 10.2. The Morgan fingerprint density at radius 3 is 2.50 bits per heavy atom. The molecule has 5 heteroatoms. The van der Waals surface area contributed by atoms with Crippen molar-refractivity contribution in [1.29, 1.82) is 0 Å². The van der Waals surface area contributed by atoms with Crippen molar-refractivity contribution in [2.75, 3.05) is 13.1 Å². The molecule has 100 valence electrons. The van der Waals surface area contributed by atoms with Crippen LogP contribution in [0.3, 0.4) is 0 Å². The number of hydrogen-bond acceptors (Lipinski definition) is 3. The number of amides is 1. The molecule has 18 heavy (non-hydrogen) atoms. The highest BCUT2D eigenvalue weighted by atomic mass is 32.1. The molecule has 1 rings (SSSR count). The third-order valence-electron chi connectivity index (χ3n) is 2.42. The van der Waals surface area contributed by atoms with E-state index in [1.807, 2.05) is 26.8 Å². The minimum atomic E-state index is -0.976. The lowest BCUT2D eigenvalue weighted by Gasteiger charge is -2.21. The summed E-state index contributed by atoms with van der Waals surface area (Å²) in [6.07, 6.45) is 0.890. The van der Waals surface area contributed by atoms with E-state index in [0.717, 1.165) is 11.3 Å². The molecule has 0 saturated carbocycles. The van der Waals surface area contributed by atoms with Gasteiger partial charge in [0.1, 0.15) is 6.54 Å². The number of rotatable bonds is 6. The summed E-state index contributed by atoms with van der Waals surface area (Å²) in [5, 5.41) is 8.85. The Morgan fingerprint density at radius 2 is 2.06 bits per heavy atom. The van der Waals surface area contributed by atoms with Crippen molar-refractivity contribution >= 4 is 23.2 Å². The van der Waals surface area contributed by atoms with E-state index in [4.69, 9.17) is 5.11 Å². The van der Waals surface area contributed by atoms with E-state index in [0.29, 0.717) is 11.4 Å². The first kappa shape index (κ1) is 14.7. The minimum absolute atomic E-state index is 0.184. The molecule has 0 bridgehead atoms. The Labute approximate surface area is 111 Å². The van der Waals surface area contributed by atoms with Gasteiger partial charge in [-0.1, -0.05) is 20.8 Å². The summed E-state index contributed by atoms with van der Waals surface area (Å²) in [6.45, 7) is 6.19. The second kappa shape index (κ2) is 6.54. The maximum absolute atomic E-state index is 12.2. The second-order valence-corrected chi connectivity index (χ2v) is 5.76. The molecule has 1 heterocycles. The van der Waals surface area contributed by atoms with Crippen molar-refractivity contribution in [3.63, 3.8) is 0 Å². The van der Waals surface area contributed by atoms with E-state index >= 15 is 0 Å². The van der Waals surface area contributed by atoms with Crippen molar-refractivity contribution < 1.29 is 14.7 Å². The molecule has 1 aromatic heterocycles. The SMILES string of the molecule is CCc1ccc(C(=O)N(CC(=O)O)CC(C)C)s1. The first-order valence-electron chi connectivity index (χ1n) is 6.03. The molecule has 0 aliphatic rings.